The number of rotatable bonds is 11. The lowest BCUT2D eigenvalue weighted by molar-refractivity contribution is -0.111. The summed E-state index contributed by atoms with van der Waals surface area (Å²) in [7, 11) is -1.95. The second-order valence-corrected chi connectivity index (χ2v) is 8.22. The lowest BCUT2D eigenvalue weighted by Crippen LogP contribution is -2.22. The number of ether oxygens (including phenoxy) is 2. The predicted octanol–water partition coefficient (Wildman–Crippen LogP) is 3.82. The van der Waals surface area contributed by atoms with Gasteiger partial charge in [0.15, 0.2) is 0 Å². The third-order valence-corrected chi connectivity index (χ3v) is 5.71. The molecule has 2 N–H and O–H groups in total. The zero-order valence-corrected chi connectivity index (χ0v) is 18.3. The van der Waals surface area contributed by atoms with Crippen LogP contribution in [0.25, 0.3) is 6.08 Å². The van der Waals surface area contributed by atoms with Crippen molar-refractivity contribution in [2.45, 2.75) is 31.6 Å². The van der Waals surface area contributed by atoms with Crippen molar-refractivity contribution in [1.29, 1.82) is 0 Å². The Kier molecular flexibility index (Phi) is 8.89. The Bertz CT molecular complexity index is 970. The van der Waals surface area contributed by atoms with E-state index < -0.39 is 10.0 Å². The van der Waals surface area contributed by atoms with Gasteiger partial charge in [0.2, 0.25) is 15.9 Å². The molecule has 162 valence electrons. The van der Waals surface area contributed by atoms with E-state index in [0.29, 0.717) is 35.9 Å². The summed E-state index contributed by atoms with van der Waals surface area (Å²) in [6, 6.07) is 11.5. The molecule has 0 heterocycles. The first-order valence-electron chi connectivity index (χ1n) is 9.79. The van der Waals surface area contributed by atoms with E-state index >= 15 is 0 Å². The van der Waals surface area contributed by atoms with Crippen LogP contribution >= 0.6 is 0 Å². The Morgan fingerprint density at radius 1 is 1.10 bits per heavy atom. The molecule has 0 unspecified atom stereocenters. The van der Waals surface area contributed by atoms with Gasteiger partial charge in [-0.05, 0) is 42.3 Å². The van der Waals surface area contributed by atoms with E-state index in [1.54, 1.807) is 50.4 Å². The maximum Gasteiger partial charge on any atom is 0.248 e. The molecule has 0 radical (unpaired) electrons. The van der Waals surface area contributed by atoms with Gasteiger partial charge in [-0.3, -0.25) is 4.79 Å². The number of unbranched alkanes of at least 4 members (excludes halogenated alkanes) is 1. The largest absolute Gasteiger partial charge is 0.497 e. The average Bonchev–Trinajstić information content (AvgIpc) is 2.73. The van der Waals surface area contributed by atoms with E-state index in [-0.39, 0.29) is 10.8 Å². The number of amides is 1. The molecule has 0 fully saturated rings. The number of carbonyl (C=O) groups is 1. The fourth-order valence-corrected chi connectivity index (χ4v) is 3.60. The van der Waals surface area contributed by atoms with Crippen LogP contribution in [0.15, 0.2) is 53.4 Å². The van der Waals surface area contributed by atoms with Crippen LogP contribution in [0, 0.1) is 0 Å². The number of sulfonamides is 1. The zero-order valence-electron chi connectivity index (χ0n) is 17.5. The molecular formula is C22H28N2O5S. The summed E-state index contributed by atoms with van der Waals surface area (Å²) >= 11 is 0. The Morgan fingerprint density at radius 2 is 1.83 bits per heavy atom. The predicted molar refractivity (Wildman–Crippen MR) is 118 cm³/mol. The number of hydrogen-bond donors (Lipinski definition) is 2. The highest BCUT2D eigenvalue weighted by Crippen LogP contribution is 2.29. The normalized spacial score (nSPS) is 11.4. The lowest BCUT2D eigenvalue weighted by Gasteiger charge is -2.13. The number of anilines is 1. The smallest absolute Gasteiger partial charge is 0.248 e. The molecular weight excluding hydrogens is 404 g/mol. The SMILES string of the molecule is CCCCOc1ccc(OC)cc1NC(=O)/C=C/c1ccc(S(=O)(=O)NCC)cc1. The Morgan fingerprint density at radius 3 is 2.47 bits per heavy atom. The van der Waals surface area contributed by atoms with Gasteiger partial charge in [0.1, 0.15) is 11.5 Å². The summed E-state index contributed by atoms with van der Waals surface area (Å²) in [5.41, 5.74) is 1.22. The van der Waals surface area contributed by atoms with Crippen molar-refractivity contribution in [3.8, 4) is 11.5 Å². The molecule has 2 aromatic rings. The average molecular weight is 433 g/mol. The maximum atomic E-state index is 12.4. The summed E-state index contributed by atoms with van der Waals surface area (Å²) in [6.45, 7) is 4.67. The van der Waals surface area contributed by atoms with E-state index in [2.05, 4.69) is 17.0 Å². The van der Waals surface area contributed by atoms with Gasteiger partial charge in [-0.15, -0.1) is 0 Å². The molecule has 0 aromatic heterocycles. The van der Waals surface area contributed by atoms with Crippen LogP contribution in [-0.2, 0) is 14.8 Å². The van der Waals surface area contributed by atoms with Crippen molar-refractivity contribution in [3.05, 3.63) is 54.1 Å². The first-order valence-corrected chi connectivity index (χ1v) is 11.3. The highest BCUT2D eigenvalue weighted by atomic mass is 32.2. The highest BCUT2D eigenvalue weighted by molar-refractivity contribution is 7.89. The summed E-state index contributed by atoms with van der Waals surface area (Å²) in [6.07, 6.45) is 4.91. The molecule has 0 aliphatic carbocycles. The van der Waals surface area contributed by atoms with Crippen LogP contribution in [0.1, 0.15) is 32.3 Å². The van der Waals surface area contributed by atoms with Crippen LogP contribution in [-0.4, -0.2) is 34.6 Å². The molecule has 1 amide bonds. The number of hydrogen-bond acceptors (Lipinski definition) is 5. The van der Waals surface area contributed by atoms with Crippen molar-refractivity contribution in [3.63, 3.8) is 0 Å². The molecule has 0 saturated carbocycles. The third kappa shape index (κ3) is 6.89. The van der Waals surface area contributed by atoms with Gasteiger partial charge in [-0.25, -0.2) is 13.1 Å². The van der Waals surface area contributed by atoms with E-state index in [0.717, 1.165) is 12.8 Å². The van der Waals surface area contributed by atoms with Gasteiger partial charge in [0, 0.05) is 18.7 Å². The third-order valence-electron chi connectivity index (χ3n) is 4.15. The summed E-state index contributed by atoms with van der Waals surface area (Å²) in [5.74, 6) is 0.839. The minimum Gasteiger partial charge on any atom is -0.497 e. The molecule has 2 rings (SSSR count). The highest BCUT2D eigenvalue weighted by Gasteiger charge is 2.12. The monoisotopic (exact) mass is 432 g/mol. The molecule has 0 spiro atoms. The second-order valence-electron chi connectivity index (χ2n) is 6.46. The first-order chi connectivity index (χ1) is 14.4. The zero-order chi connectivity index (χ0) is 22.0. The molecule has 0 aliphatic rings. The Balaban J connectivity index is 2.08. The van der Waals surface area contributed by atoms with Gasteiger partial charge >= 0.3 is 0 Å². The van der Waals surface area contributed by atoms with Gasteiger partial charge < -0.3 is 14.8 Å². The molecule has 0 aliphatic heterocycles. The van der Waals surface area contributed by atoms with Crippen molar-refractivity contribution in [1.82, 2.24) is 4.72 Å². The van der Waals surface area contributed by atoms with E-state index in [1.807, 2.05) is 0 Å². The standard InChI is InChI=1S/C22H28N2O5S/c1-4-6-15-29-21-13-10-18(28-3)16-20(21)24-22(25)14-9-17-7-11-19(12-8-17)30(26,27)23-5-2/h7-14,16,23H,4-6,15H2,1-3H3,(H,24,25)/b14-9+. The Hall–Kier alpha value is -2.84. The van der Waals surface area contributed by atoms with E-state index in [4.69, 9.17) is 9.47 Å². The number of carbonyl (C=O) groups excluding carboxylic acids is 1. The van der Waals surface area contributed by atoms with Crippen LogP contribution in [0.4, 0.5) is 5.69 Å². The molecule has 7 nitrogen and oxygen atoms in total. The minimum absolute atomic E-state index is 0.177. The fraction of sp³-hybridized carbons (Fsp3) is 0.318. The van der Waals surface area contributed by atoms with Gasteiger partial charge in [-0.2, -0.15) is 0 Å². The molecule has 30 heavy (non-hydrogen) atoms. The van der Waals surface area contributed by atoms with Crippen LogP contribution in [0.2, 0.25) is 0 Å². The van der Waals surface area contributed by atoms with Gasteiger partial charge in [0.25, 0.3) is 0 Å². The maximum absolute atomic E-state index is 12.4. The second kappa shape index (κ2) is 11.4. The quantitative estimate of drug-likeness (QED) is 0.416. The molecule has 0 bridgehead atoms. The molecule has 8 heteroatoms. The molecule has 0 atom stereocenters. The van der Waals surface area contributed by atoms with E-state index in [9.17, 15) is 13.2 Å². The van der Waals surface area contributed by atoms with Crippen molar-refractivity contribution in [2.75, 3.05) is 25.6 Å². The Labute approximate surface area is 178 Å². The number of benzene rings is 2. The van der Waals surface area contributed by atoms with E-state index in [1.165, 1.54) is 18.2 Å². The van der Waals surface area contributed by atoms with Crippen molar-refractivity contribution < 1.29 is 22.7 Å². The summed E-state index contributed by atoms with van der Waals surface area (Å²) < 4.78 is 37.4. The number of nitrogens with one attached hydrogen (secondary N) is 2. The van der Waals surface area contributed by atoms with Gasteiger partial charge in [-0.1, -0.05) is 32.4 Å². The lowest BCUT2D eigenvalue weighted by atomic mass is 10.2. The molecule has 2 aromatic carbocycles. The van der Waals surface area contributed by atoms with Crippen molar-refractivity contribution >= 4 is 27.7 Å². The molecule has 0 saturated heterocycles. The summed E-state index contributed by atoms with van der Waals surface area (Å²) in [4.78, 5) is 12.6. The topological polar surface area (TPSA) is 93.7 Å². The minimum atomic E-state index is -3.50. The summed E-state index contributed by atoms with van der Waals surface area (Å²) in [5, 5.41) is 2.80. The fourth-order valence-electron chi connectivity index (χ4n) is 2.56. The first kappa shape index (κ1) is 23.4. The van der Waals surface area contributed by atoms with Crippen LogP contribution in [0.5, 0.6) is 11.5 Å². The van der Waals surface area contributed by atoms with Crippen LogP contribution < -0.4 is 19.5 Å². The van der Waals surface area contributed by atoms with Gasteiger partial charge in [0.05, 0.1) is 24.3 Å². The van der Waals surface area contributed by atoms with Crippen LogP contribution in [0.3, 0.4) is 0 Å². The number of methoxy groups -OCH3 is 1. The van der Waals surface area contributed by atoms with Crippen molar-refractivity contribution in [2.24, 2.45) is 0 Å².